The molecule has 2 aromatic carbocycles. The average Bonchev–Trinajstić information content (AvgIpc) is 2.98. The second kappa shape index (κ2) is 9.45. The lowest BCUT2D eigenvalue weighted by Gasteiger charge is -2.31. The van der Waals surface area contributed by atoms with E-state index in [2.05, 4.69) is 36.6 Å². The van der Waals surface area contributed by atoms with E-state index >= 15 is 0 Å². The molecule has 2 atom stereocenters. The number of benzene rings is 2. The van der Waals surface area contributed by atoms with Crippen LogP contribution in [0.4, 0.5) is 18.9 Å². The Balaban J connectivity index is 1.74. The number of hydrogen-bond acceptors (Lipinski definition) is 3. The van der Waals surface area contributed by atoms with Crippen LogP contribution in [0, 0.1) is 0 Å². The molecule has 0 radical (unpaired) electrons. The van der Waals surface area contributed by atoms with Crippen LogP contribution in [0.5, 0.6) is 0 Å². The number of anilines is 1. The van der Waals surface area contributed by atoms with E-state index in [0.717, 1.165) is 19.2 Å². The van der Waals surface area contributed by atoms with Gasteiger partial charge in [-0.2, -0.15) is 13.2 Å². The van der Waals surface area contributed by atoms with Crippen LogP contribution in [0.1, 0.15) is 49.9 Å². The molecule has 0 spiro atoms. The smallest absolute Gasteiger partial charge is 0.381 e. The molecule has 1 aliphatic rings. The lowest BCUT2D eigenvalue weighted by Crippen LogP contribution is -2.41. The minimum absolute atomic E-state index is 0.00843. The van der Waals surface area contributed by atoms with Crippen molar-refractivity contribution >= 4 is 17.5 Å². The molecule has 178 valence electrons. The Hall–Kier alpha value is -3.03. The van der Waals surface area contributed by atoms with Crippen LogP contribution in [0.2, 0.25) is 0 Å². The summed E-state index contributed by atoms with van der Waals surface area (Å²) in [6.07, 6.45) is -4.01. The molecule has 2 N–H and O–H groups in total. The third-order valence-corrected chi connectivity index (χ3v) is 6.38. The van der Waals surface area contributed by atoms with Crippen molar-refractivity contribution in [1.82, 2.24) is 10.2 Å². The average molecular weight is 462 g/mol. The molecule has 8 heteroatoms. The van der Waals surface area contributed by atoms with Gasteiger partial charge in [0, 0.05) is 44.1 Å². The molecule has 5 nitrogen and oxygen atoms in total. The number of nitrogens with one attached hydrogen (secondary N) is 2. The summed E-state index contributed by atoms with van der Waals surface area (Å²) in [7, 11) is 1.14. The molecule has 0 bridgehead atoms. The van der Waals surface area contributed by atoms with Crippen molar-refractivity contribution in [3.63, 3.8) is 0 Å². The number of halogens is 3. The molecule has 0 aromatic heterocycles. The third-order valence-electron chi connectivity index (χ3n) is 6.38. The maximum absolute atomic E-state index is 13.9. The molecule has 0 saturated heterocycles. The second-order valence-electron chi connectivity index (χ2n) is 9.08. The standard InChI is InChI=1S/C25H30F3N3O2/c1-16(32)29-14-13-22(33)31(4)23(25(26,27)28)17-9-11-19(12-10-17)30-21-15-18-7-5-6-8-20(18)24(21,2)3/h5-12,21,23,30H,13-15H2,1-4H3,(H,29,32)/t21?,23-/m0/s1. The van der Waals surface area contributed by atoms with E-state index in [-0.39, 0.29) is 35.9 Å². The van der Waals surface area contributed by atoms with Crippen LogP contribution < -0.4 is 10.6 Å². The van der Waals surface area contributed by atoms with Crippen molar-refractivity contribution in [1.29, 1.82) is 0 Å². The summed E-state index contributed by atoms with van der Waals surface area (Å²) in [6, 6.07) is 12.4. The monoisotopic (exact) mass is 461 g/mol. The highest BCUT2D eigenvalue weighted by Gasteiger charge is 2.45. The van der Waals surface area contributed by atoms with E-state index in [9.17, 15) is 22.8 Å². The first kappa shape index (κ1) is 24.6. The highest BCUT2D eigenvalue weighted by atomic mass is 19.4. The SMILES string of the molecule is CC(=O)NCCC(=O)N(C)[C@@H](c1ccc(NC2Cc3ccccc3C2(C)C)cc1)C(F)(F)F. The summed E-state index contributed by atoms with van der Waals surface area (Å²) in [5.41, 5.74) is 3.14. The zero-order valence-electron chi connectivity index (χ0n) is 19.3. The van der Waals surface area contributed by atoms with Gasteiger partial charge in [-0.1, -0.05) is 50.2 Å². The van der Waals surface area contributed by atoms with Gasteiger partial charge >= 0.3 is 6.18 Å². The first-order valence-electron chi connectivity index (χ1n) is 10.9. The lowest BCUT2D eigenvalue weighted by atomic mass is 9.83. The van der Waals surface area contributed by atoms with Gasteiger partial charge in [0.25, 0.3) is 0 Å². The Morgan fingerprint density at radius 2 is 1.76 bits per heavy atom. The molecule has 3 rings (SSSR count). The summed E-state index contributed by atoms with van der Waals surface area (Å²) < 4.78 is 41.6. The van der Waals surface area contributed by atoms with Crippen molar-refractivity contribution in [2.24, 2.45) is 0 Å². The zero-order valence-corrected chi connectivity index (χ0v) is 19.3. The fourth-order valence-corrected chi connectivity index (χ4v) is 4.48. The van der Waals surface area contributed by atoms with Gasteiger partial charge in [-0.3, -0.25) is 9.59 Å². The predicted molar refractivity (Wildman–Crippen MR) is 122 cm³/mol. The van der Waals surface area contributed by atoms with Crippen molar-refractivity contribution < 1.29 is 22.8 Å². The van der Waals surface area contributed by atoms with Crippen LogP contribution in [0.3, 0.4) is 0 Å². The van der Waals surface area contributed by atoms with E-state index in [4.69, 9.17) is 0 Å². The quantitative estimate of drug-likeness (QED) is 0.634. The van der Waals surface area contributed by atoms with E-state index in [0.29, 0.717) is 4.90 Å². The van der Waals surface area contributed by atoms with Crippen LogP contribution in [0.25, 0.3) is 0 Å². The number of rotatable bonds is 7. The number of nitrogens with zero attached hydrogens (tertiary/aromatic N) is 1. The summed E-state index contributed by atoms with van der Waals surface area (Å²) in [5, 5.41) is 5.90. The van der Waals surface area contributed by atoms with E-state index in [1.54, 1.807) is 12.1 Å². The van der Waals surface area contributed by atoms with Crippen LogP contribution in [0.15, 0.2) is 48.5 Å². The normalized spacial score (nSPS) is 17.7. The summed E-state index contributed by atoms with van der Waals surface area (Å²) >= 11 is 0. The summed E-state index contributed by atoms with van der Waals surface area (Å²) in [4.78, 5) is 24.0. The minimum atomic E-state index is -4.64. The minimum Gasteiger partial charge on any atom is -0.381 e. The van der Waals surface area contributed by atoms with Crippen molar-refractivity contribution in [2.45, 2.75) is 57.3 Å². The molecular formula is C25H30F3N3O2. The predicted octanol–water partition coefficient (Wildman–Crippen LogP) is 4.59. The number of alkyl halides is 3. The fourth-order valence-electron chi connectivity index (χ4n) is 4.48. The molecule has 2 aromatic rings. The number of fused-ring (bicyclic) bond motifs is 1. The van der Waals surface area contributed by atoms with Gasteiger partial charge in [0.1, 0.15) is 0 Å². The van der Waals surface area contributed by atoms with Crippen LogP contribution in [-0.2, 0) is 21.4 Å². The summed E-state index contributed by atoms with van der Waals surface area (Å²) in [5.74, 6) is -1.03. The third kappa shape index (κ3) is 5.49. The first-order valence-corrected chi connectivity index (χ1v) is 10.9. The van der Waals surface area contributed by atoms with Crippen molar-refractivity contribution in [3.05, 3.63) is 65.2 Å². The zero-order chi connectivity index (χ0) is 24.4. The Morgan fingerprint density at radius 1 is 1.12 bits per heavy atom. The van der Waals surface area contributed by atoms with Crippen molar-refractivity contribution in [2.75, 3.05) is 18.9 Å². The highest BCUT2D eigenvalue weighted by Crippen LogP contribution is 2.41. The molecule has 1 aliphatic carbocycles. The Labute approximate surface area is 192 Å². The number of amides is 2. The number of carbonyl (C=O) groups is 2. The fraction of sp³-hybridized carbons (Fsp3) is 0.440. The van der Waals surface area contributed by atoms with E-state index in [1.165, 1.54) is 30.2 Å². The molecular weight excluding hydrogens is 431 g/mol. The second-order valence-corrected chi connectivity index (χ2v) is 9.08. The molecule has 0 aliphatic heterocycles. The largest absolute Gasteiger partial charge is 0.413 e. The Kier molecular flexibility index (Phi) is 7.05. The van der Waals surface area contributed by atoms with Gasteiger partial charge in [0.2, 0.25) is 11.8 Å². The maximum atomic E-state index is 13.9. The Bertz CT molecular complexity index is 1000. The Morgan fingerprint density at radius 3 is 2.33 bits per heavy atom. The van der Waals surface area contributed by atoms with E-state index < -0.39 is 18.1 Å². The molecule has 1 unspecified atom stereocenters. The lowest BCUT2D eigenvalue weighted by molar-refractivity contribution is -0.188. The molecule has 33 heavy (non-hydrogen) atoms. The van der Waals surface area contributed by atoms with Gasteiger partial charge in [0.15, 0.2) is 6.04 Å². The van der Waals surface area contributed by atoms with Gasteiger partial charge in [-0.25, -0.2) is 0 Å². The van der Waals surface area contributed by atoms with Gasteiger partial charge in [0.05, 0.1) is 0 Å². The van der Waals surface area contributed by atoms with Gasteiger partial charge < -0.3 is 15.5 Å². The van der Waals surface area contributed by atoms with Crippen molar-refractivity contribution in [3.8, 4) is 0 Å². The number of hydrogen-bond donors (Lipinski definition) is 2. The van der Waals surface area contributed by atoms with E-state index in [1.807, 2.05) is 12.1 Å². The topological polar surface area (TPSA) is 61.4 Å². The molecule has 0 fully saturated rings. The van der Waals surface area contributed by atoms with Gasteiger partial charge in [-0.15, -0.1) is 0 Å². The molecule has 0 heterocycles. The van der Waals surface area contributed by atoms with Crippen LogP contribution in [-0.4, -0.2) is 42.5 Å². The van der Waals surface area contributed by atoms with Gasteiger partial charge in [-0.05, 0) is 35.2 Å². The summed E-state index contributed by atoms with van der Waals surface area (Å²) in [6.45, 7) is 5.59. The molecule has 2 amide bonds. The maximum Gasteiger partial charge on any atom is 0.413 e. The first-order chi connectivity index (χ1) is 15.4. The highest BCUT2D eigenvalue weighted by molar-refractivity contribution is 5.78. The van der Waals surface area contributed by atoms with Crippen LogP contribution >= 0.6 is 0 Å². The molecule has 0 saturated carbocycles. The number of carbonyl (C=O) groups excluding carboxylic acids is 2.